The van der Waals surface area contributed by atoms with E-state index in [1.807, 2.05) is 24.4 Å². The Morgan fingerprint density at radius 2 is 1.95 bits per heavy atom. The van der Waals surface area contributed by atoms with Gasteiger partial charge in [0.25, 0.3) is 10.0 Å². The van der Waals surface area contributed by atoms with Crippen LogP contribution >= 0.6 is 33.9 Å². The van der Waals surface area contributed by atoms with E-state index in [9.17, 15) is 8.42 Å². The summed E-state index contributed by atoms with van der Waals surface area (Å²) in [7, 11) is -3.49. The smallest absolute Gasteiger partial charge is 0.271 e. The highest BCUT2D eigenvalue weighted by Crippen LogP contribution is 2.23. The Morgan fingerprint density at radius 1 is 1.25 bits per heavy atom. The number of anilines is 1. The Kier molecular flexibility index (Phi) is 5.42. The molecule has 0 radical (unpaired) electrons. The van der Waals surface area contributed by atoms with Gasteiger partial charge in [0.15, 0.2) is 0 Å². The van der Waals surface area contributed by atoms with Gasteiger partial charge in [0.1, 0.15) is 4.21 Å². The van der Waals surface area contributed by atoms with Gasteiger partial charge < -0.3 is 5.32 Å². The lowest BCUT2D eigenvalue weighted by atomic mass is 10.3. The van der Waals surface area contributed by atoms with Gasteiger partial charge in [-0.3, -0.25) is 4.72 Å². The molecule has 0 fully saturated rings. The third-order valence-corrected chi connectivity index (χ3v) is 6.16. The molecular weight excluding hydrogens is 407 g/mol. The molecule has 0 aliphatic heterocycles. The molecule has 2 aromatic rings. The van der Waals surface area contributed by atoms with Crippen molar-refractivity contribution in [2.24, 2.45) is 0 Å². The lowest BCUT2D eigenvalue weighted by molar-refractivity contribution is 0.603. The minimum absolute atomic E-state index is 0.337. The van der Waals surface area contributed by atoms with Gasteiger partial charge in [-0.25, -0.2) is 8.42 Å². The first-order chi connectivity index (χ1) is 9.51. The van der Waals surface area contributed by atoms with Crippen LogP contribution in [0.4, 0.5) is 5.69 Å². The van der Waals surface area contributed by atoms with Crippen LogP contribution in [0.25, 0.3) is 0 Å². The quantitative estimate of drug-likeness (QED) is 0.703. The number of rotatable bonds is 6. The van der Waals surface area contributed by atoms with Gasteiger partial charge in [0, 0.05) is 15.8 Å². The summed E-state index contributed by atoms with van der Waals surface area (Å²) < 4.78 is 28.5. The minimum atomic E-state index is -3.49. The van der Waals surface area contributed by atoms with Crippen LogP contribution in [0.15, 0.2) is 39.9 Å². The third-order valence-electron chi connectivity index (χ3n) is 2.57. The first-order valence-corrected chi connectivity index (χ1v) is 9.52. The zero-order chi connectivity index (χ0) is 14.6. The summed E-state index contributed by atoms with van der Waals surface area (Å²) in [5.74, 6) is 0. The van der Waals surface area contributed by atoms with Crippen molar-refractivity contribution in [2.45, 2.75) is 17.7 Å². The molecule has 2 rings (SSSR count). The maximum Gasteiger partial charge on any atom is 0.271 e. The van der Waals surface area contributed by atoms with Crippen LogP contribution in [0.5, 0.6) is 0 Å². The molecule has 0 saturated carbocycles. The lowest BCUT2D eigenvalue weighted by Gasteiger charge is -2.06. The largest absolute Gasteiger partial charge is 0.313 e. The van der Waals surface area contributed by atoms with Crippen LogP contribution < -0.4 is 10.0 Å². The zero-order valence-electron chi connectivity index (χ0n) is 10.9. The molecule has 0 aliphatic carbocycles. The van der Waals surface area contributed by atoms with Crippen LogP contribution in [0.3, 0.4) is 0 Å². The molecular formula is C13H15IN2O2S2. The molecule has 0 bridgehead atoms. The first-order valence-electron chi connectivity index (χ1n) is 6.08. The molecule has 20 heavy (non-hydrogen) atoms. The van der Waals surface area contributed by atoms with Gasteiger partial charge in [0.2, 0.25) is 0 Å². The van der Waals surface area contributed by atoms with Gasteiger partial charge in [-0.15, -0.1) is 11.3 Å². The van der Waals surface area contributed by atoms with Gasteiger partial charge >= 0.3 is 0 Å². The highest BCUT2D eigenvalue weighted by molar-refractivity contribution is 14.1. The molecule has 108 valence electrons. The number of thiophene rings is 1. The molecule has 0 saturated heterocycles. The molecule has 4 nitrogen and oxygen atoms in total. The van der Waals surface area contributed by atoms with Gasteiger partial charge in [-0.1, -0.05) is 6.92 Å². The normalized spacial score (nSPS) is 11.5. The van der Waals surface area contributed by atoms with Crippen molar-refractivity contribution in [1.29, 1.82) is 0 Å². The van der Waals surface area contributed by atoms with Crippen molar-refractivity contribution in [2.75, 3.05) is 11.3 Å². The van der Waals surface area contributed by atoms with Crippen molar-refractivity contribution in [3.05, 3.63) is 44.8 Å². The predicted molar refractivity (Wildman–Crippen MR) is 91.7 cm³/mol. The second kappa shape index (κ2) is 6.88. The Bertz CT molecular complexity index is 666. The summed E-state index contributed by atoms with van der Waals surface area (Å²) in [6.45, 7) is 3.56. The second-order valence-electron chi connectivity index (χ2n) is 4.17. The molecule has 7 heteroatoms. The summed E-state index contributed by atoms with van der Waals surface area (Å²) in [4.78, 5) is 0. The number of hydrogen-bond acceptors (Lipinski definition) is 4. The van der Waals surface area contributed by atoms with E-state index in [0.29, 0.717) is 16.4 Å². The average Bonchev–Trinajstić information content (AvgIpc) is 2.88. The van der Waals surface area contributed by atoms with Crippen LogP contribution in [0.2, 0.25) is 0 Å². The number of nitrogens with one attached hydrogen (secondary N) is 2. The fraction of sp³-hybridized carbons (Fsp3) is 0.231. The molecule has 1 aromatic carbocycles. The van der Waals surface area contributed by atoms with E-state index in [4.69, 9.17) is 0 Å². The second-order valence-corrected chi connectivity index (χ2v) is 8.23. The van der Waals surface area contributed by atoms with Crippen molar-refractivity contribution in [3.63, 3.8) is 0 Å². The van der Waals surface area contributed by atoms with Crippen molar-refractivity contribution >= 4 is 49.6 Å². The summed E-state index contributed by atoms with van der Waals surface area (Å²) in [6.07, 6.45) is 0. The average molecular weight is 422 g/mol. The highest BCUT2D eigenvalue weighted by Gasteiger charge is 2.16. The van der Waals surface area contributed by atoms with Crippen LogP contribution in [0, 0.1) is 3.57 Å². The predicted octanol–water partition coefficient (Wildman–Crippen LogP) is 3.26. The maximum absolute atomic E-state index is 12.3. The minimum Gasteiger partial charge on any atom is -0.313 e. The van der Waals surface area contributed by atoms with E-state index in [-0.39, 0.29) is 0 Å². The molecule has 2 N–H and O–H groups in total. The molecule has 1 heterocycles. The van der Waals surface area contributed by atoms with E-state index in [1.54, 1.807) is 18.2 Å². The third kappa shape index (κ3) is 4.18. The zero-order valence-corrected chi connectivity index (χ0v) is 14.7. The Labute approximate surface area is 136 Å². The van der Waals surface area contributed by atoms with Crippen molar-refractivity contribution in [3.8, 4) is 0 Å². The highest BCUT2D eigenvalue weighted by atomic mass is 127. The molecule has 1 aromatic heterocycles. The summed E-state index contributed by atoms with van der Waals surface area (Å²) in [5, 5.41) is 5.04. The Balaban J connectivity index is 2.13. The SMILES string of the molecule is CCNCc1csc(S(=O)(=O)Nc2ccc(I)cc2)c1. The fourth-order valence-electron chi connectivity index (χ4n) is 1.58. The maximum atomic E-state index is 12.3. The van der Waals surface area contributed by atoms with E-state index in [0.717, 1.165) is 15.7 Å². The standard InChI is InChI=1S/C13H15IN2O2S2/c1-2-15-8-10-7-13(19-9-10)20(17,18)16-12-5-3-11(14)4-6-12/h3-7,9,15-16H,2,8H2,1H3. The number of halogens is 1. The van der Waals surface area contributed by atoms with E-state index in [1.165, 1.54) is 11.3 Å². The molecule has 0 amide bonds. The summed E-state index contributed by atoms with van der Waals surface area (Å²) in [6, 6.07) is 8.95. The van der Waals surface area contributed by atoms with Gasteiger partial charge in [-0.05, 0) is 70.4 Å². The first kappa shape index (κ1) is 15.7. The monoisotopic (exact) mass is 422 g/mol. The van der Waals surface area contributed by atoms with Crippen molar-refractivity contribution < 1.29 is 8.42 Å². The lowest BCUT2D eigenvalue weighted by Crippen LogP contribution is -2.12. The Morgan fingerprint density at radius 3 is 2.60 bits per heavy atom. The van der Waals surface area contributed by atoms with Crippen LogP contribution in [-0.4, -0.2) is 15.0 Å². The Hall–Kier alpha value is -0.640. The van der Waals surface area contributed by atoms with Crippen molar-refractivity contribution in [1.82, 2.24) is 5.32 Å². The summed E-state index contributed by atoms with van der Waals surface area (Å²) >= 11 is 3.42. The van der Waals surface area contributed by atoms with E-state index < -0.39 is 10.0 Å². The van der Waals surface area contributed by atoms with Gasteiger partial charge in [0.05, 0.1) is 0 Å². The van der Waals surface area contributed by atoms with Crippen LogP contribution in [0.1, 0.15) is 12.5 Å². The topological polar surface area (TPSA) is 58.2 Å². The molecule has 0 atom stereocenters. The van der Waals surface area contributed by atoms with E-state index in [2.05, 4.69) is 32.6 Å². The van der Waals surface area contributed by atoms with E-state index >= 15 is 0 Å². The fourth-order valence-corrected chi connectivity index (χ4v) is 4.21. The molecule has 0 unspecified atom stereocenters. The molecule has 0 spiro atoms. The van der Waals surface area contributed by atoms with Crippen LogP contribution in [-0.2, 0) is 16.6 Å². The summed E-state index contributed by atoms with van der Waals surface area (Å²) in [5.41, 5.74) is 1.56. The number of benzene rings is 1. The number of sulfonamides is 1. The molecule has 0 aliphatic rings. The number of hydrogen-bond donors (Lipinski definition) is 2. The van der Waals surface area contributed by atoms with Gasteiger partial charge in [-0.2, -0.15) is 0 Å².